The number of ether oxygens (including phenoxy) is 1. The zero-order chi connectivity index (χ0) is 29.7. The number of hydrogen-bond acceptors (Lipinski definition) is 7. The van der Waals surface area contributed by atoms with E-state index in [9.17, 15) is 9.59 Å². The monoisotopic (exact) mass is 578 g/mol. The first-order valence-corrected chi connectivity index (χ1v) is 14.6. The topological polar surface area (TPSA) is 110 Å². The molecule has 2 fully saturated rings. The molecule has 3 atom stereocenters. The van der Waals surface area contributed by atoms with Gasteiger partial charge in [0.15, 0.2) is 5.65 Å². The number of nitrogens with one attached hydrogen (secondary N) is 1. The summed E-state index contributed by atoms with van der Waals surface area (Å²) < 4.78 is 9.33. The molecule has 0 radical (unpaired) electrons. The van der Waals surface area contributed by atoms with Gasteiger partial charge in [0.05, 0.1) is 30.1 Å². The van der Waals surface area contributed by atoms with E-state index >= 15 is 0 Å². The quantitative estimate of drug-likeness (QED) is 0.299. The normalized spacial score (nSPS) is 20.1. The van der Waals surface area contributed by atoms with Crippen molar-refractivity contribution in [3.8, 4) is 11.3 Å². The van der Waals surface area contributed by atoms with Gasteiger partial charge in [-0.05, 0) is 30.5 Å². The maximum absolute atomic E-state index is 13.5. The van der Waals surface area contributed by atoms with Crippen molar-refractivity contribution < 1.29 is 14.3 Å². The van der Waals surface area contributed by atoms with Gasteiger partial charge in [-0.25, -0.2) is 9.97 Å². The van der Waals surface area contributed by atoms with E-state index in [1.54, 1.807) is 28.9 Å². The average Bonchev–Trinajstić information content (AvgIpc) is 3.70. The van der Waals surface area contributed by atoms with Crippen molar-refractivity contribution in [1.29, 1.82) is 0 Å². The number of fused-ring (bicyclic) bond motifs is 2. The Hall–Kier alpha value is -4.77. The van der Waals surface area contributed by atoms with Crippen LogP contribution in [-0.2, 0) is 16.1 Å². The number of benzene rings is 1. The predicted octanol–water partition coefficient (Wildman–Crippen LogP) is 3.69. The number of likely N-dealkylation sites (N-methyl/N-ethyl adjacent to an activating group) is 1. The third kappa shape index (κ3) is 4.79. The molecule has 1 saturated carbocycles. The molecular formula is C32H34N8O3. The molecule has 4 aromatic heterocycles. The molecule has 1 aliphatic heterocycles. The zero-order valence-electron chi connectivity index (χ0n) is 24.5. The maximum Gasteiger partial charge on any atom is 0.257 e. The highest BCUT2D eigenvalue weighted by Crippen LogP contribution is 2.35. The number of methoxy groups -OCH3 is 1. The second kappa shape index (κ2) is 10.8. The van der Waals surface area contributed by atoms with Gasteiger partial charge in [0.25, 0.3) is 5.91 Å². The van der Waals surface area contributed by atoms with Gasteiger partial charge in [0.2, 0.25) is 5.91 Å². The summed E-state index contributed by atoms with van der Waals surface area (Å²) in [7, 11) is 5.51. The van der Waals surface area contributed by atoms with Crippen LogP contribution in [0.15, 0.2) is 67.1 Å². The van der Waals surface area contributed by atoms with Crippen molar-refractivity contribution in [2.75, 3.05) is 32.6 Å². The van der Waals surface area contributed by atoms with Gasteiger partial charge < -0.3 is 24.4 Å². The molecule has 7 rings (SSSR count). The minimum atomic E-state index is -0.223. The van der Waals surface area contributed by atoms with E-state index in [0.717, 1.165) is 40.8 Å². The van der Waals surface area contributed by atoms with Gasteiger partial charge >= 0.3 is 0 Å². The van der Waals surface area contributed by atoms with Gasteiger partial charge in [-0.3, -0.25) is 9.59 Å². The lowest BCUT2D eigenvalue weighted by Gasteiger charge is -2.35. The highest BCUT2D eigenvalue weighted by molar-refractivity contribution is 6.01. The Morgan fingerprint density at radius 2 is 1.98 bits per heavy atom. The lowest BCUT2D eigenvalue weighted by Crippen LogP contribution is -2.51. The Bertz CT molecular complexity index is 1830. The number of likely N-dealkylation sites (tertiary alicyclic amines) is 1. The van der Waals surface area contributed by atoms with Crippen LogP contribution in [0.1, 0.15) is 41.2 Å². The minimum Gasteiger partial charge on any atom is -0.379 e. The molecule has 5 heterocycles. The summed E-state index contributed by atoms with van der Waals surface area (Å²) in [6.07, 6.45) is 7.64. The Labute approximate surface area is 249 Å². The van der Waals surface area contributed by atoms with Gasteiger partial charge in [-0.1, -0.05) is 30.3 Å². The van der Waals surface area contributed by atoms with Crippen molar-refractivity contribution in [1.82, 2.24) is 34.4 Å². The number of carbonyl (C=O) groups is 2. The summed E-state index contributed by atoms with van der Waals surface area (Å²) in [6.45, 7) is 1.25. The van der Waals surface area contributed by atoms with Crippen LogP contribution >= 0.6 is 0 Å². The van der Waals surface area contributed by atoms with Gasteiger partial charge in [-0.2, -0.15) is 9.61 Å². The summed E-state index contributed by atoms with van der Waals surface area (Å²) in [6, 6.07) is 16.1. The first-order chi connectivity index (χ1) is 20.9. The summed E-state index contributed by atoms with van der Waals surface area (Å²) in [5.74, 6) is 0.687. The second-order valence-corrected chi connectivity index (χ2v) is 11.5. The summed E-state index contributed by atoms with van der Waals surface area (Å²) in [4.78, 5) is 39.6. The Kier molecular flexibility index (Phi) is 6.81. The van der Waals surface area contributed by atoms with Crippen LogP contribution in [0.4, 0.5) is 5.82 Å². The first kappa shape index (κ1) is 27.1. The minimum absolute atomic E-state index is 0.0158. The van der Waals surface area contributed by atoms with Crippen molar-refractivity contribution in [3.05, 3.63) is 78.2 Å². The number of hydrogen-bond donors (Lipinski definition) is 1. The smallest absolute Gasteiger partial charge is 0.257 e. The van der Waals surface area contributed by atoms with Crippen LogP contribution in [-0.4, -0.2) is 80.8 Å². The van der Waals surface area contributed by atoms with Crippen molar-refractivity contribution >= 4 is 34.3 Å². The SMILES string of the molecule is CO[C@H]1CCC1NC(=O)c1cnn2c(N(C)Cc3ccccc3)cc(-c3cn([C@@H]4CC(=O)N(C)C4)c4ncccc34)nc12. The number of carbonyl (C=O) groups excluding carboxylic acids is 2. The van der Waals surface area contributed by atoms with E-state index in [-0.39, 0.29) is 30.0 Å². The molecule has 5 aromatic rings. The summed E-state index contributed by atoms with van der Waals surface area (Å²) in [5.41, 5.74) is 4.40. The molecule has 2 amide bonds. The Balaban J connectivity index is 1.35. The van der Waals surface area contributed by atoms with Crippen LogP contribution in [0.5, 0.6) is 0 Å². The molecule has 1 aromatic carbocycles. The molecule has 1 saturated heterocycles. The van der Waals surface area contributed by atoms with Crippen molar-refractivity contribution in [2.24, 2.45) is 0 Å². The van der Waals surface area contributed by atoms with Crippen LogP contribution in [0.25, 0.3) is 27.9 Å². The van der Waals surface area contributed by atoms with Crippen LogP contribution in [0.2, 0.25) is 0 Å². The molecule has 43 heavy (non-hydrogen) atoms. The second-order valence-electron chi connectivity index (χ2n) is 11.5. The molecule has 220 valence electrons. The van der Waals surface area contributed by atoms with E-state index in [4.69, 9.17) is 14.7 Å². The van der Waals surface area contributed by atoms with Crippen LogP contribution < -0.4 is 10.2 Å². The van der Waals surface area contributed by atoms with Crippen LogP contribution in [0.3, 0.4) is 0 Å². The van der Waals surface area contributed by atoms with Gasteiger partial charge in [-0.15, -0.1) is 0 Å². The maximum atomic E-state index is 13.5. The van der Waals surface area contributed by atoms with Crippen molar-refractivity contribution in [3.63, 3.8) is 0 Å². The molecule has 1 unspecified atom stereocenters. The van der Waals surface area contributed by atoms with E-state index in [0.29, 0.717) is 36.4 Å². The fraction of sp³-hybridized carbons (Fsp3) is 0.344. The van der Waals surface area contributed by atoms with Gasteiger partial charge in [0, 0.05) is 70.1 Å². The standard InChI is InChI=1S/C32H34N8O3/c1-37(17-20-8-5-4-6-9-20)28-15-26(35-31-23(16-34-40(28)31)32(42)36-25-11-12-27(25)43-3)24-19-39(21-14-29(41)38(2)18-21)30-22(24)10-7-13-33-30/h4-10,13,15-16,19,21,25,27H,11-12,14,17-18H2,1-3H3,(H,36,42)/t21-,25?,27+/m1/s1. The lowest BCUT2D eigenvalue weighted by molar-refractivity contribution is -0.126. The Morgan fingerprint density at radius 3 is 2.70 bits per heavy atom. The zero-order valence-corrected chi connectivity index (χ0v) is 24.5. The van der Waals surface area contributed by atoms with Crippen LogP contribution in [0, 0.1) is 0 Å². The molecule has 11 nitrogen and oxygen atoms in total. The summed E-state index contributed by atoms with van der Waals surface area (Å²) in [5, 5.41) is 8.68. The number of amides is 2. The summed E-state index contributed by atoms with van der Waals surface area (Å²) >= 11 is 0. The predicted molar refractivity (Wildman–Crippen MR) is 163 cm³/mol. The number of anilines is 1. The highest BCUT2D eigenvalue weighted by Gasteiger charge is 2.34. The number of rotatable bonds is 8. The molecule has 11 heteroatoms. The Morgan fingerprint density at radius 1 is 1.14 bits per heavy atom. The van der Waals surface area contributed by atoms with Gasteiger partial charge in [0.1, 0.15) is 17.0 Å². The fourth-order valence-electron chi connectivity index (χ4n) is 6.21. The largest absolute Gasteiger partial charge is 0.379 e. The number of nitrogens with zero attached hydrogens (tertiary/aromatic N) is 7. The molecule has 1 aliphatic carbocycles. The average molecular weight is 579 g/mol. The molecular weight excluding hydrogens is 544 g/mol. The van der Waals surface area contributed by atoms with E-state index in [1.165, 1.54) is 0 Å². The number of aromatic nitrogens is 5. The third-order valence-electron chi connectivity index (χ3n) is 8.76. The molecule has 2 aliphatic rings. The third-order valence-corrected chi connectivity index (χ3v) is 8.76. The highest BCUT2D eigenvalue weighted by atomic mass is 16.5. The fourth-order valence-corrected chi connectivity index (χ4v) is 6.21. The van der Waals surface area contributed by atoms with E-state index in [1.807, 2.05) is 56.7 Å². The number of pyridine rings is 1. The molecule has 1 N–H and O–H groups in total. The van der Waals surface area contributed by atoms with E-state index in [2.05, 4.69) is 32.0 Å². The lowest BCUT2D eigenvalue weighted by atomic mass is 9.89. The first-order valence-electron chi connectivity index (χ1n) is 14.6. The molecule has 0 spiro atoms. The van der Waals surface area contributed by atoms with E-state index < -0.39 is 0 Å². The van der Waals surface area contributed by atoms with Crippen molar-refractivity contribution in [2.45, 2.75) is 44.0 Å². The molecule has 0 bridgehead atoms.